The van der Waals surface area contributed by atoms with Gasteiger partial charge < -0.3 is 15.0 Å². The monoisotopic (exact) mass is 231 g/mol. The van der Waals surface area contributed by atoms with E-state index in [0.717, 1.165) is 17.9 Å². The molecule has 0 aromatic carbocycles. The lowest BCUT2D eigenvalue weighted by molar-refractivity contribution is 0.166. The SMILES string of the molecule is CCCSCc1noc(C(N)COC)n1. The molecule has 0 radical (unpaired) electrons. The molecule has 0 spiro atoms. The van der Waals surface area contributed by atoms with Gasteiger partial charge in [0.25, 0.3) is 0 Å². The minimum Gasteiger partial charge on any atom is -0.383 e. The van der Waals surface area contributed by atoms with Crippen LogP contribution in [0.1, 0.15) is 31.1 Å². The number of rotatable bonds is 7. The van der Waals surface area contributed by atoms with Crippen LogP contribution in [0.2, 0.25) is 0 Å². The van der Waals surface area contributed by atoms with E-state index < -0.39 is 0 Å². The molecular formula is C9H17N3O2S. The molecule has 0 aliphatic rings. The fourth-order valence-electron chi connectivity index (χ4n) is 1.04. The van der Waals surface area contributed by atoms with E-state index in [-0.39, 0.29) is 6.04 Å². The number of nitrogens with zero attached hydrogens (tertiary/aromatic N) is 2. The third-order valence-electron chi connectivity index (χ3n) is 1.73. The van der Waals surface area contributed by atoms with Crippen molar-refractivity contribution >= 4 is 11.8 Å². The van der Waals surface area contributed by atoms with E-state index in [2.05, 4.69) is 17.1 Å². The molecule has 2 N–H and O–H groups in total. The molecule has 1 aromatic heterocycles. The highest BCUT2D eigenvalue weighted by atomic mass is 32.2. The number of thioether (sulfide) groups is 1. The van der Waals surface area contributed by atoms with Gasteiger partial charge in [-0.3, -0.25) is 0 Å². The average Bonchev–Trinajstić information content (AvgIpc) is 2.67. The second kappa shape index (κ2) is 6.81. The van der Waals surface area contributed by atoms with Crippen LogP contribution in [0.3, 0.4) is 0 Å². The molecule has 0 aliphatic heterocycles. The summed E-state index contributed by atoms with van der Waals surface area (Å²) in [5.41, 5.74) is 5.75. The lowest BCUT2D eigenvalue weighted by Gasteiger charge is -2.02. The summed E-state index contributed by atoms with van der Waals surface area (Å²) in [4.78, 5) is 4.20. The van der Waals surface area contributed by atoms with Crippen molar-refractivity contribution in [1.82, 2.24) is 10.1 Å². The number of ether oxygens (including phenoxy) is 1. The maximum atomic E-state index is 5.75. The largest absolute Gasteiger partial charge is 0.383 e. The highest BCUT2D eigenvalue weighted by Crippen LogP contribution is 2.13. The van der Waals surface area contributed by atoms with E-state index in [1.807, 2.05) is 0 Å². The Labute approximate surface area is 93.7 Å². The molecule has 6 heteroatoms. The second-order valence-electron chi connectivity index (χ2n) is 3.16. The molecule has 0 bridgehead atoms. The third kappa shape index (κ3) is 4.19. The van der Waals surface area contributed by atoms with Crippen LogP contribution in [0.15, 0.2) is 4.52 Å². The predicted octanol–water partition coefficient (Wildman–Crippen LogP) is 1.36. The van der Waals surface area contributed by atoms with Gasteiger partial charge in [-0.25, -0.2) is 0 Å². The minimum absolute atomic E-state index is 0.326. The Bertz CT molecular complexity index is 280. The lowest BCUT2D eigenvalue weighted by atomic mass is 10.3. The first-order valence-corrected chi connectivity index (χ1v) is 6.08. The summed E-state index contributed by atoms with van der Waals surface area (Å²) in [6.07, 6.45) is 1.15. The summed E-state index contributed by atoms with van der Waals surface area (Å²) < 4.78 is 9.94. The maximum absolute atomic E-state index is 5.75. The van der Waals surface area contributed by atoms with E-state index in [4.69, 9.17) is 15.0 Å². The number of aromatic nitrogens is 2. The van der Waals surface area contributed by atoms with Crippen LogP contribution in [0, 0.1) is 0 Å². The van der Waals surface area contributed by atoms with Crippen molar-refractivity contribution < 1.29 is 9.26 Å². The van der Waals surface area contributed by atoms with Crippen molar-refractivity contribution in [3.8, 4) is 0 Å². The second-order valence-corrected chi connectivity index (χ2v) is 4.27. The zero-order chi connectivity index (χ0) is 11.1. The summed E-state index contributed by atoms with van der Waals surface area (Å²) in [5, 5.41) is 3.85. The van der Waals surface area contributed by atoms with Gasteiger partial charge in [0.2, 0.25) is 5.89 Å². The first kappa shape index (κ1) is 12.5. The molecule has 1 rings (SSSR count). The van der Waals surface area contributed by atoms with E-state index in [1.54, 1.807) is 18.9 Å². The van der Waals surface area contributed by atoms with Gasteiger partial charge in [0.05, 0.1) is 12.4 Å². The van der Waals surface area contributed by atoms with E-state index in [1.165, 1.54) is 0 Å². The van der Waals surface area contributed by atoms with Crippen LogP contribution in [-0.4, -0.2) is 29.6 Å². The Balaban J connectivity index is 2.41. The number of hydrogen-bond acceptors (Lipinski definition) is 6. The molecule has 0 fully saturated rings. The highest BCUT2D eigenvalue weighted by molar-refractivity contribution is 7.98. The van der Waals surface area contributed by atoms with Gasteiger partial charge in [-0.2, -0.15) is 16.7 Å². The molecular weight excluding hydrogens is 214 g/mol. The molecule has 0 saturated heterocycles. The lowest BCUT2D eigenvalue weighted by Crippen LogP contribution is -2.16. The number of methoxy groups -OCH3 is 1. The van der Waals surface area contributed by atoms with Crippen molar-refractivity contribution in [3.63, 3.8) is 0 Å². The summed E-state index contributed by atoms with van der Waals surface area (Å²) in [6, 6.07) is -0.326. The normalized spacial score (nSPS) is 13.0. The Hall–Kier alpha value is -0.590. The quantitative estimate of drug-likeness (QED) is 0.714. The summed E-state index contributed by atoms with van der Waals surface area (Å²) in [6.45, 7) is 2.53. The van der Waals surface area contributed by atoms with Crippen LogP contribution in [-0.2, 0) is 10.5 Å². The van der Waals surface area contributed by atoms with Gasteiger partial charge >= 0.3 is 0 Å². The van der Waals surface area contributed by atoms with Gasteiger partial charge in [-0.1, -0.05) is 12.1 Å². The molecule has 0 aliphatic carbocycles. The number of nitrogens with two attached hydrogens (primary N) is 1. The standard InChI is InChI=1S/C9H17N3O2S/c1-3-4-15-6-8-11-9(14-12-8)7(10)5-13-2/h7H,3-6,10H2,1-2H3. The fraction of sp³-hybridized carbons (Fsp3) is 0.778. The van der Waals surface area contributed by atoms with Crippen LogP contribution in [0.4, 0.5) is 0 Å². The third-order valence-corrected chi connectivity index (χ3v) is 2.89. The molecule has 5 nitrogen and oxygen atoms in total. The Morgan fingerprint density at radius 1 is 1.60 bits per heavy atom. The van der Waals surface area contributed by atoms with Crippen LogP contribution in [0.5, 0.6) is 0 Å². The molecule has 1 aromatic rings. The van der Waals surface area contributed by atoms with Gasteiger partial charge in [0.1, 0.15) is 6.04 Å². The van der Waals surface area contributed by atoms with Crippen molar-refractivity contribution in [3.05, 3.63) is 11.7 Å². The van der Waals surface area contributed by atoms with Crippen LogP contribution < -0.4 is 5.73 Å². The topological polar surface area (TPSA) is 74.2 Å². The summed E-state index contributed by atoms with van der Waals surface area (Å²) in [7, 11) is 1.59. The molecule has 1 unspecified atom stereocenters. The summed E-state index contributed by atoms with van der Waals surface area (Å²) >= 11 is 1.79. The molecule has 15 heavy (non-hydrogen) atoms. The first-order chi connectivity index (χ1) is 7.27. The fourth-order valence-corrected chi connectivity index (χ4v) is 1.77. The zero-order valence-electron chi connectivity index (χ0n) is 9.10. The average molecular weight is 231 g/mol. The van der Waals surface area contributed by atoms with Gasteiger partial charge in [0, 0.05) is 7.11 Å². The van der Waals surface area contributed by atoms with E-state index >= 15 is 0 Å². The Morgan fingerprint density at radius 2 is 2.40 bits per heavy atom. The van der Waals surface area contributed by atoms with E-state index in [9.17, 15) is 0 Å². The van der Waals surface area contributed by atoms with Crippen molar-refractivity contribution in [2.24, 2.45) is 5.73 Å². The van der Waals surface area contributed by atoms with Gasteiger partial charge in [-0.15, -0.1) is 0 Å². The molecule has 86 valence electrons. The Morgan fingerprint density at radius 3 is 3.07 bits per heavy atom. The highest BCUT2D eigenvalue weighted by Gasteiger charge is 2.14. The molecule has 1 heterocycles. The van der Waals surface area contributed by atoms with Crippen molar-refractivity contribution in [1.29, 1.82) is 0 Å². The smallest absolute Gasteiger partial charge is 0.245 e. The molecule has 0 saturated carbocycles. The van der Waals surface area contributed by atoms with Crippen LogP contribution >= 0.6 is 11.8 Å². The number of hydrogen-bond donors (Lipinski definition) is 1. The zero-order valence-corrected chi connectivity index (χ0v) is 9.92. The maximum Gasteiger partial charge on any atom is 0.245 e. The van der Waals surface area contributed by atoms with Gasteiger partial charge in [-0.05, 0) is 12.2 Å². The van der Waals surface area contributed by atoms with E-state index in [0.29, 0.717) is 18.3 Å². The predicted molar refractivity (Wildman–Crippen MR) is 59.6 cm³/mol. The molecule has 1 atom stereocenters. The first-order valence-electron chi connectivity index (χ1n) is 4.92. The minimum atomic E-state index is -0.326. The van der Waals surface area contributed by atoms with Crippen molar-refractivity contribution in [2.45, 2.75) is 25.1 Å². The molecule has 0 amide bonds. The van der Waals surface area contributed by atoms with Gasteiger partial charge in [0.15, 0.2) is 5.82 Å². The summed E-state index contributed by atoms with van der Waals surface area (Å²) in [5.74, 6) is 3.03. The van der Waals surface area contributed by atoms with Crippen LogP contribution in [0.25, 0.3) is 0 Å². The Kier molecular flexibility index (Phi) is 5.67. The van der Waals surface area contributed by atoms with Crippen molar-refractivity contribution in [2.75, 3.05) is 19.5 Å².